The summed E-state index contributed by atoms with van der Waals surface area (Å²) in [5, 5.41) is 19.1. The summed E-state index contributed by atoms with van der Waals surface area (Å²) in [6, 6.07) is 7.65. The van der Waals surface area contributed by atoms with E-state index in [0.29, 0.717) is 12.5 Å². The molecule has 0 fully saturated rings. The van der Waals surface area contributed by atoms with Gasteiger partial charge in [-0.15, -0.1) is 20.4 Å². The van der Waals surface area contributed by atoms with Gasteiger partial charge in [-0.05, 0) is 12.1 Å². The summed E-state index contributed by atoms with van der Waals surface area (Å²) in [4.78, 5) is 4.39. The van der Waals surface area contributed by atoms with Gasteiger partial charge >= 0.3 is 0 Å². The summed E-state index contributed by atoms with van der Waals surface area (Å²) in [7, 11) is 1.92. The van der Waals surface area contributed by atoms with Gasteiger partial charge in [0.25, 0.3) is 0 Å². The summed E-state index contributed by atoms with van der Waals surface area (Å²) in [5.74, 6) is 1.45. The molecular weight excluding hydrogens is 242 g/mol. The first-order valence-corrected chi connectivity index (χ1v) is 5.99. The van der Waals surface area contributed by atoms with Gasteiger partial charge in [-0.1, -0.05) is 12.1 Å². The minimum absolute atomic E-state index is 0.529. The van der Waals surface area contributed by atoms with Gasteiger partial charge in [0.2, 0.25) is 5.95 Å². The van der Waals surface area contributed by atoms with E-state index in [9.17, 15) is 0 Å². The summed E-state index contributed by atoms with van der Waals surface area (Å²) in [5.41, 5.74) is 1.63. The summed E-state index contributed by atoms with van der Waals surface area (Å²) < 4.78 is 1.89. The fourth-order valence-electron chi connectivity index (χ4n) is 1.78. The lowest BCUT2D eigenvalue weighted by Crippen LogP contribution is -2.11. The number of nitrogens with one attached hydrogen (secondary N) is 1. The van der Waals surface area contributed by atoms with Gasteiger partial charge in [-0.25, -0.2) is 4.98 Å². The lowest BCUT2D eigenvalue weighted by molar-refractivity contribution is 0.784. The van der Waals surface area contributed by atoms with Crippen LogP contribution >= 0.6 is 0 Å². The van der Waals surface area contributed by atoms with Gasteiger partial charge in [0.15, 0.2) is 0 Å². The molecule has 0 spiro atoms. The first-order valence-electron chi connectivity index (χ1n) is 5.99. The predicted octanol–water partition coefficient (Wildman–Crippen LogP) is 0.808. The summed E-state index contributed by atoms with van der Waals surface area (Å²) in [6.07, 6.45) is 2.44. The van der Waals surface area contributed by atoms with E-state index < -0.39 is 0 Å². The molecule has 0 aliphatic carbocycles. The molecule has 7 nitrogen and oxygen atoms in total. The largest absolute Gasteiger partial charge is 0.352 e. The molecule has 0 aliphatic rings. The maximum absolute atomic E-state index is 4.39. The second kappa shape index (κ2) is 4.97. The van der Waals surface area contributed by atoms with Gasteiger partial charge in [0.1, 0.15) is 17.7 Å². The second-order valence-corrected chi connectivity index (χ2v) is 4.16. The highest BCUT2D eigenvalue weighted by atomic mass is 15.3. The van der Waals surface area contributed by atoms with Crippen molar-refractivity contribution in [3.63, 3.8) is 0 Å². The monoisotopic (exact) mass is 255 g/mol. The minimum Gasteiger partial charge on any atom is -0.352 e. The molecule has 0 saturated carbocycles. The van der Waals surface area contributed by atoms with E-state index in [4.69, 9.17) is 0 Å². The van der Waals surface area contributed by atoms with Crippen LogP contribution in [0.15, 0.2) is 30.6 Å². The molecule has 0 amide bonds. The first kappa shape index (κ1) is 11.5. The number of rotatable bonds is 4. The predicted molar refractivity (Wildman–Crippen MR) is 70.5 cm³/mol. The molecular formula is C12H13N7. The topological polar surface area (TPSA) is 81.4 Å². The molecule has 0 radical (unpaired) electrons. The SMILES string of the molecule is Cn1cnnc1CCNc1nnc2ccccc2n1. The summed E-state index contributed by atoms with van der Waals surface area (Å²) in [6.45, 7) is 0.687. The zero-order chi connectivity index (χ0) is 13.1. The minimum atomic E-state index is 0.529. The third kappa shape index (κ3) is 2.49. The Kier molecular flexibility index (Phi) is 3.01. The fourth-order valence-corrected chi connectivity index (χ4v) is 1.78. The highest BCUT2D eigenvalue weighted by molar-refractivity contribution is 5.73. The molecule has 0 aliphatic heterocycles. The molecule has 0 saturated heterocycles. The number of aromatic nitrogens is 6. The maximum Gasteiger partial charge on any atom is 0.243 e. The Labute approximate surface area is 109 Å². The van der Waals surface area contributed by atoms with Crippen LogP contribution in [0.1, 0.15) is 5.82 Å². The zero-order valence-corrected chi connectivity index (χ0v) is 10.5. The number of anilines is 1. The van der Waals surface area contributed by atoms with Crippen LogP contribution in [0.2, 0.25) is 0 Å². The average Bonchev–Trinajstić information content (AvgIpc) is 2.84. The van der Waals surface area contributed by atoms with E-state index in [1.54, 1.807) is 6.33 Å². The smallest absolute Gasteiger partial charge is 0.243 e. The molecule has 96 valence electrons. The van der Waals surface area contributed by atoms with Crippen LogP contribution < -0.4 is 5.32 Å². The van der Waals surface area contributed by atoms with Crippen molar-refractivity contribution in [3.8, 4) is 0 Å². The van der Waals surface area contributed by atoms with Crippen molar-refractivity contribution in [2.75, 3.05) is 11.9 Å². The van der Waals surface area contributed by atoms with E-state index in [1.165, 1.54) is 0 Å². The molecule has 2 aromatic heterocycles. The number of hydrogen-bond acceptors (Lipinski definition) is 6. The number of benzene rings is 1. The van der Waals surface area contributed by atoms with Crippen molar-refractivity contribution >= 4 is 17.0 Å². The Bertz CT molecular complexity index is 691. The van der Waals surface area contributed by atoms with Crippen molar-refractivity contribution in [2.45, 2.75) is 6.42 Å². The lowest BCUT2D eigenvalue weighted by atomic mass is 10.3. The number of para-hydroxylation sites is 1. The third-order valence-corrected chi connectivity index (χ3v) is 2.80. The molecule has 0 atom stereocenters. The average molecular weight is 255 g/mol. The molecule has 2 heterocycles. The lowest BCUT2D eigenvalue weighted by Gasteiger charge is -2.04. The fraction of sp³-hybridized carbons (Fsp3) is 0.250. The Morgan fingerprint density at radius 1 is 1.11 bits per heavy atom. The standard InChI is InChI=1S/C12H13N7/c1-19-8-14-17-11(19)6-7-13-12-15-9-4-2-3-5-10(9)16-18-12/h2-5,8H,6-7H2,1H3,(H,13,15,18). The van der Waals surface area contributed by atoms with E-state index in [-0.39, 0.29) is 0 Å². The van der Waals surface area contributed by atoms with Crippen LogP contribution in [0.5, 0.6) is 0 Å². The van der Waals surface area contributed by atoms with Gasteiger partial charge in [0, 0.05) is 20.0 Å². The highest BCUT2D eigenvalue weighted by Crippen LogP contribution is 2.08. The van der Waals surface area contributed by atoms with Gasteiger partial charge in [-0.2, -0.15) is 0 Å². The number of fused-ring (bicyclic) bond motifs is 1. The van der Waals surface area contributed by atoms with E-state index in [0.717, 1.165) is 23.3 Å². The molecule has 19 heavy (non-hydrogen) atoms. The van der Waals surface area contributed by atoms with Crippen LogP contribution in [-0.2, 0) is 13.5 Å². The molecule has 3 rings (SSSR count). The van der Waals surface area contributed by atoms with Gasteiger partial charge in [-0.3, -0.25) is 0 Å². The summed E-state index contributed by atoms with van der Waals surface area (Å²) >= 11 is 0. The van der Waals surface area contributed by atoms with Crippen molar-refractivity contribution in [3.05, 3.63) is 36.4 Å². The molecule has 3 aromatic rings. The zero-order valence-electron chi connectivity index (χ0n) is 10.5. The van der Waals surface area contributed by atoms with E-state index in [1.807, 2.05) is 35.9 Å². The molecule has 7 heteroatoms. The maximum atomic E-state index is 4.39. The van der Waals surface area contributed by atoms with Crippen LogP contribution in [-0.4, -0.2) is 36.5 Å². The second-order valence-electron chi connectivity index (χ2n) is 4.16. The quantitative estimate of drug-likeness (QED) is 0.743. The number of aryl methyl sites for hydroxylation is 1. The molecule has 0 bridgehead atoms. The molecule has 0 unspecified atom stereocenters. The van der Waals surface area contributed by atoms with Crippen LogP contribution in [0.4, 0.5) is 5.95 Å². The van der Waals surface area contributed by atoms with E-state index in [2.05, 4.69) is 30.7 Å². The van der Waals surface area contributed by atoms with Crippen molar-refractivity contribution < 1.29 is 0 Å². The van der Waals surface area contributed by atoms with Crippen molar-refractivity contribution in [1.82, 2.24) is 29.9 Å². The van der Waals surface area contributed by atoms with E-state index >= 15 is 0 Å². The van der Waals surface area contributed by atoms with Crippen molar-refractivity contribution in [1.29, 1.82) is 0 Å². The third-order valence-electron chi connectivity index (χ3n) is 2.80. The molecule has 1 N–H and O–H groups in total. The Balaban J connectivity index is 1.67. The molecule has 1 aromatic carbocycles. The number of nitrogens with zero attached hydrogens (tertiary/aromatic N) is 6. The van der Waals surface area contributed by atoms with Gasteiger partial charge < -0.3 is 9.88 Å². The van der Waals surface area contributed by atoms with Crippen LogP contribution in [0, 0.1) is 0 Å². The normalized spacial score (nSPS) is 10.8. The van der Waals surface area contributed by atoms with Crippen LogP contribution in [0.3, 0.4) is 0 Å². The Morgan fingerprint density at radius 3 is 2.74 bits per heavy atom. The Morgan fingerprint density at radius 2 is 1.95 bits per heavy atom. The van der Waals surface area contributed by atoms with Crippen LogP contribution in [0.25, 0.3) is 11.0 Å². The highest BCUT2D eigenvalue weighted by Gasteiger charge is 2.03. The number of hydrogen-bond donors (Lipinski definition) is 1. The van der Waals surface area contributed by atoms with Crippen molar-refractivity contribution in [2.24, 2.45) is 7.05 Å². The first-order chi connectivity index (χ1) is 9.33. The van der Waals surface area contributed by atoms with Gasteiger partial charge in [0.05, 0.1) is 5.52 Å². The Hall–Kier alpha value is -2.57.